The van der Waals surface area contributed by atoms with Crippen molar-refractivity contribution >= 4 is 27.5 Å². The molecule has 12 rings (SSSR count). The Morgan fingerprint density at radius 1 is 0.412 bits per heavy atom. The van der Waals surface area contributed by atoms with Crippen molar-refractivity contribution < 1.29 is 17.6 Å². The second kappa shape index (κ2) is 27.9. The van der Waals surface area contributed by atoms with Crippen molar-refractivity contribution in [1.29, 1.82) is 0 Å². The summed E-state index contributed by atoms with van der Waals surface area (Å²) in [5, 5.41) is 46.7. The predicted octanol–water partition coefficient (Wildman–Crippen LogP) is 5.89. The summed E-state index contributed by atoms with van der Waals surface area (Å²) in [5.41, 5.74) is 0. The maximum absolute atomic E-state index is 12.9. The molecule has 0 unspecified atom stereocenters. The van der Waals surface area contributed by atoms with E-state index in [4.69, 9.17) is 11.6 Å². The summed E-state index contributed by atoms with van der Waals surface area (Å²) in [5.74, 6) is 5.53. The quantitative estimate of drug-likeness (QED) is 0.178. The lowest BCUT2D eigenvalue weighted by Gasteiger charge is -2.30. The first-order valence-corrected chi connectivity index (χ1v) is 29.0. The van der Waals surface area contributed by atoms with Gasteiger partial charge in [-0.05, 0) is 118 Å². The van der Waals surface area contributed by atoms with E-state index in [1.165, 1.54) is 4.57 Å². The fraction of sp³-hybridized carbons (Fsp3) is 0.760. The van der Waals surface area contributed by atoms with E-state index in [9.17, 15) is 17.6 Å². The molecule has 0 spiro atoms. The van der Waals surface area contributed by atoms with Crippen molar-refractivity contribution in [2.24, 2.45) is 0 Å². The fourth-order valence-electron chi connectivity index (χ4n) is 9.86. The Morgan fingerprint density at radius 2 is 0.775 bits per heavy atom. The van der Waals surface area contributed by atoms with Crippen LogP contribution in [0.25, 0.3) is 0 Å². The van der Waals surface area contributed by atoms with Gasteiger partial charge in [0.1, 0.15) is 47.1 Å². The maximum atomic E-state index is 12.9. The van der Waals surface area contributed by atoms with Crippen LogP contribution >= 0.6 is 27.5 Å². The average molecular weight is 1210 g/mol. The lowest BCUT2D eigenvalue weighted by molar-refractivity contribution is -0.148. The van der Waals surface area contributed by atoms with E-state index in [0.717, 1.165) is 125 Å². The van der Waals surface area contributed by atoms with Crippen molar-refractivity contribution in [3.05, 3.63) is 69.0 Å². The lowest BCUT2D eigenvalue weighted by Crippen LogP contribution is -2.39. The van der Waals surface area contributed by atoms with Crippen LogP contribution in [0.1, 0.15) is 130 Å². The number of aryl methyl sites for hydroxylation is 1. The summed E-state index contributed by atoms with van der Waals surface area (Å²) in [6.45, 7) is 43.5. The minimum absolute atomic E-state index is 0.301. The maximum Gasteiger partial charge on any atom is 0.451 e. The highest BCUT2D eigenvalue weighted by Crippen LogP contribution is 2.30. The second-order valence-corrected chi connectivity index (χ2v) is 23.4. The molecule has 0 aliphatic carbocycles. The Hall–Kier alpha value is -4.91. The van der Waals surface area contributed by atoms with Crippen LogP contribution in [-0.4, -0.2) is 194 Å². The largest absolute Gasteiger partial charge is 0.451 e. The molecular weight excluding hydrogens is 1130 g/mol. The minimum Gasteiger partial charge on any atom is -0.315 e. The van der Waals surface area contributed by atoms with Crippen LogP contribution in [0.2, 0.25) is 5.28 Å². The molecule has 0 saturated carbocycles. The zero-order valence-corrected chi connectivity index (χ0v) is 51.1. The average Bonchev–Trinajstić information content (AvgIpc) is 4.32. The zero-order valence-electron chi connectivity index (χ0n) is 48.8. The topological polar surface area (TPSA) is 204 Å². The number of halogens is 6. The van der Waals surface area contributed by atoms with Gasteiger partial charge >= 0.3 is 12.3 Å². The van der Waals surface area contributed by atoms with Gasteiger partial charge in [0, 0.05) is 115 Å². The van der Waals surface area contributed by atoms with E-state index in [2.05, 4.69) is 189 Å². The minimum atomic E-state index is -4.41. The Kier molecular flexibility index (Phi) is 21.9. The molecule has 0 atom stereocenters. The lowest BCUT2D eigenvalue weighted by atomic mass is 10.2. The highest BCUT2D eigenvalue weighted by Gasteiger charge is 2.40. The zero-order chi connectivity index (χ0) is 58.2. The molecule has 0 bridgehead atoms. The van der Waals surface area contributed by atoms with E-state index in [1.54, 1.807) is 4.57 Å². The van der Waals surface area contributed by atoms with Crippen LogP contribution in [-0.2, 0) is 84.7 Å². The number of rotatable bonds is 6. The van der Waals surface area contributed by atoms with E-state index >= 15 is 0 Å². The summed E-state index contributed by atoms with van der Waals surface area (Å²) in [6.07, 6.45) is -3.06. The summed E-state index contributed by atoms with van der Waals surface area (Å²) < 4.78 is 62.5. The van der Waals surface area contributed by atoms with E-state index in [1.807, 2.05) is 31.7 Å². The summed E-state index contributed by atoms with van der Waals surface area (Å²) in [6, 6.07) is 3.14. The third-order valence-corrected chi connectivity index (χ3v) is 16.1. The molecule has 0 amide bonds. The van der Waals surface area contributed by atoms with E-state index in [-0.39, 0.29) is 0 Å². The number of nitrogens with zero attached hydrogens (tertiary/aromatic N) is 24. The Labute approximate surface area is 480 Å². The van der Waals surface area contributed by atoms with Gasteiger partial charge in [0.15, 0.2) is 4.73 Å². The number of alkyl halides is 3. The fourth-order valence-corrected chi connectivity index (χ4v) is 10.5. The third-order valence-electron chi connectivity index (χ3n) is 15.3. The molecule has 0 aromatic carbocycles. The van der Waals surface area contributed by atoms with Gasteiger partial charge in [0.2, 0.25) is 11.1 Å². The molecule has 0 saturated heterocycles. The van der Waals surface area contributed by atoms with Crippen LogP contribution in [0, 0.1) is 13.0 Å². The van der Waals surface area contributed by atoms with Gasteiger partial charge in [-0.1, -0.05) is 5.10 Å². The second-order valence-electron chi connectivity index (χ2n) is 22.3. The molecule has 6 aliphatic rings. The summed E-state index contributed by atoms with van der Waals surface area (Å²) in [7, 11) is 0. The standard InChI is InChI=1S/C9H13F3N4.C9H16N4.C8H13BrN4.C8H13ClN4.C8H13FN4.C8H14N4/c1-6(2)15-3-4-16-7(5-15)13-14-8(16)9(10,11)12;1-7(2)12-4-5-13-8(3)10-11-9(13)6-12;3*1-6(2)12-3-4-13-7(5-12)10-11-8(13)9;1-7(2)11-3-4-12-6-9-10-8(12)5-11/h6H,3-5H2,1-2H3;7H,4-6H2,1-3H3;3*6H,3-5H2,1-2H3;6-7H,3-5H2,1-2H3. The number of aromatic nitrogens is 18. The molecule has 6 aliphatic heterocycles. The number of hydrogen-bond acceptors (Lipinski definition) is 18. The molecule has 12 heterocycles. The monoisotopic (exact) mass is 1210 g/mol. The molecule has 0 radical (unpaired) electrons. The van der Waals surface area contributed by atoms with Crippen LogP contribution in [0.4, 0.5) is 17.6 Å². The van der Waals surface area contributed by atoms with Crippen LogP contribution in [0.3, 0.4) is 0 Å². The Morgan fingerprint density at radius 3 is 1.29 bits per heavy atom. The molecule has 0 fully saturated rings. The van der Waals surface area contributed by atoms with Gasteiger partial charge in [0.25, 0.3) is 0 Å². The van der Waals surface area contributed by atoms with Crippen molar-refractivity contribution in [3.8, 4) is 0 Å². The third kappa shape index (κ3) is 16.0. The first-order chi connectivity index (χ1) is 37.9. The smallest absolute Gasteiger partial charge is 0.315 e. The molecule has 0 N–H and O–H groups in total. The normalized spacial score (nSPS) is 17.9. The van der Waals surface area contributed by atoms with Crippen molar-refractivity contribution in [2.45, 2.75) is 211 Å². The van der Waals surface area contributed by atoms with Gasteiger partial charge in [-0.2, -0.15) is 17.6 Å². The Balaban J connectivity index is 0.000000139. The first kappa shape index (κ1) is 62.7. The molecule has 6 aromatic rings. The summed E-state index contributed by atoms with van der Waals surface area (Å²) >= 11 is 9.24. The van der Waals surface area contributed by atoms with Crippen molar-refractivity contribution in [3.63, 3.8) is 0 Å². The van der Waals surface area contributed by atoms with Crippen LogP contribution in [0.15, 0.2) is 11.1 Å². The number of hydrogen-bond donors (Lipinski definition) is 0. The van der Waals surface area contributed by atoms with Gasteiger partial charge in [0.05, 0.1) is 39.3 Å². The Bertz CT molecular complexity index is 2610. The predicted molar refractivity (Wildman–Crippen MR) is 296 cm³/mol. The molecular formula is C50H82BrClF4N24. The molecule has 80 heavy (non-hydrogen) atoms. The SMILES string of the molecule is CC(C)N1CCn2c(Br)nnc2C1.CC(C)N1CCn2c(Cl)nnc2C1.CC(C)N1CCn2c(F)nnc2C1.CC(C)N1CCn2c(nnc2C(F)(F)F)C1.CC(C)N1CCn2cnnc2C1.Cc1nnc2n1CCN(C(C)C)C2. The van der Waals surface area contributed by atoms with Gasteiger partial charge in [-0.15, -0.1) is 56.1 Å². The van der Waals surface area contributed by atoms with Gasteiger partial charge < -0.3 is 18.3 Å². The first-order valence-electron chi connectivity index (χ1n) is 27.8. The van der Waals surface area contributed by atoms with Crippen molar-refractivity contribution in [1.82, 2.24) is 118 Å². The highest BCUT2D eigenvalue weighted by molar-refractivity contribution is 9.10. The van der Waals surface area contributed by atoms with E-state index < -0.39 is 18.1 Å². The van der Waals surface area contributed by atoms with Crippen LogP contribution < -0.4 is 0 Å². The molecule has 6 aromatic heterocycles. The van der Waals surface area contributed by atoms with Gasteiger partial charge in [-0.25, -0.2) is 0 Å². The number of fused-ring (bicyclic) bond motifs is 6. The van der Waals surface area contributed by atoms with Crippen LogP contribution in [0.5, 0.6) is 0 Å². The highest BCUT2D eigenvalue weighted by atomic mass is 79.9. The van der Waals surface area contributed by atoms with Gasteiger partial charge in [-0.3, -0.25) is 38.5 Å². The molecule has 24 nitrogen and oxygen atoms in total. The molecule has 444 valence electrons. The van der Waals surface area contributed by atoms with Crippen molar-refractivity contribution in [2.75, 3.05) is 39.3 Å². The summed E-state index contributed by atoms with van der Waals surface area (Å²) in [4.78, 5) is 13.9. The van der Waals surface area contributed by atoms with E-state index in [0.29, 0.717) is 80.1 Å². The molecule has 30 heteroatoms.